The van der Waals surface area contributed by atoms with E-state index in [1.54, 1.807) is 6.20 Å². The molecule has 4 nitrogen and oxygen atoms in total. The Balaban J connectivity index is 1.71. The van der Waals surface area contributed by atoms with E-state index in [1.807, 2.05) is 31.6 Å². The summed E-state index contributed by atoms with van der Waals surface area (Å²) in [4.78, 5) is 4.07. The second-order valence-electron chi connectivity index (χ2n) is 5.25. The zero-order chi connectivity index (χ0) is 14.7. The third-order valence-corrected chi connectivity index (χ3v) is 3.42. The van der Waals surface area contributed by atoms with E-state index in [9.17, 15) is 0 Å². The van der Waals surface area contributed by atoms with Gasteiger partial charge in [-0.15, -0.1) is 0 Å². The highest BCUT2D eigenvalue weighted by molar-refractivity contribution is 5.47. The number of hydrogen-bond acceptors (Lipinski definition) is 3. The number of furan rings is 1. The smallest absolute Gasteiger partial charge is 0.126 e. The topological polar surface area (TPSA) is 43.0 Å². The van der Waals surface area contributed by atoms with Gasteiger partial charge in [0.25, 0.3) is 0 Å². The zero-order valence-corrected chi connectivity index (χ0v) is 12.3. The van der Waals surface area contributed by atoms with Crippen LogP contribution in [0.5, 0.6) is 0 Å². The molecule has 3 rings (SSSR count). The van der Waals surface area contributed by atoms with Gasteiger partial charge in [-0.3, -0.25) is 0 Å². The van der Waals surface area contributed by atoms with E-state index in [0.717, 1.165) is 23.8 Å². The molecule has 0 amide bonds. The minimum absolute atomic E-state index is 0.141. The molecule has 0 spiro atoms. The number of rotatable bonds is 5. The van der Waals surface area contributed by atoms with Crippen LogP contribution in [0.1, 0.15) is 30.0 Å². The molecule has 2 aromatic heterocycles. The van der Waals surface area contributed by atoms with E-state index in [1.165, 1.54) is 5.56 Å². The zero-order valence-electron chi connectivity index (χ0n) is 12.3. The molecule has 0 aliphatic rings. The van der Waals surface area contributed by atoms with Crippen molar-refractivity contribution in [2.75, 3.05) is 5.32 Å². The quantitative estimate of drug-likeness (QED) is 0.768. The monoisotopic (exact) mass is 281 g/mol. The molecule has 0 saturated heterocycles. The van der Waals surface area contributed by atoms with Gasteiger partial charge in [0.2, 0.25) is 0 Å². The Kier molecular flexibility index (Phi) is 3.77. The van der Waals surface area contributed by atoms with Gasteiger partial charge in [0.15, 0.2) is 0 Å². The summed E-state index contributed by atoms with van der Waals surface area (Å²) in [5, 5.41) is 3.47. The van der Waals surface area contributed by atoms with Crippen LogP contribution in [0.15, 0.2) is 59.5 Å². The van der Waals surface area contributed by atoms with Crippen molar-refractivity contribution >= 4 is 5.69 Å². The van der Waals surface area contributed by atoms with Crippen molar-refractivity contribution in [1.82, 2.24) is 9.55 Å². The van der Waals surface area contributed by atoms with Crippen LogP contribution in [0.2, 0.25) is 0 Å². The molecular weight excluding hydrogens is 262 g/mol. The van der Waals surface area contributed by atoms with E-state index in [-0.39, 0.29) is 6.04 Å². The lowest BCUT2D eigenvalue weighted by molar-refractivity contribution is 0.467. The third-order valence-electron chi connectivity index (χ3n) is 3.42. The van der Waals surface area contributed by atoms with Crippen molar-refractivity contribution in [3.05, 3.63) is 72.2 Å². The number of aryl methyl sites for hydroxylation is 1. The standard InChI is InChI=1S/C17H19N3O/c1-13-6-7-17(21-13)14(2)19-16-5-3-4-15(10-16)11-20-9-8-18-12-20/h3-10,12,14,19H,11H2,1-2H3. The highest BCUT2D eigenvalue weighted by Crippen LogP contribution is 2.22. The summed E-state index contributed by atoms with van der Waals surface area (Å²) in [6.45, 7) is 4.88. The first-order chi connectivity index (χ1) is 10.2. The summed E-state index contributed by atoms with van der Waals surface area (Å²) in [7, 11) is 0. The van der Waals surface area contributed by atoms with Gasteiger partial charge in [0.1, 0.15) is 11.5 Å². The van der Waals surface area contributed by atoms with Crippen LogP contribution < -0.4 is 5.32 Å². The molecule has 21 heavy (non-hydrogen) atoms. The fraction of sp³-hybridized carbons (Fsp3) is 0.235. The molecule has 2 heterocycles. The Labute approximate surface area is 124 Å². The maximum Gasteiger partial charge on any atom is 0.126 e. The van der Waals surface area contributed by atoms with Crippen LogP contribution in [0.3, 0.4) is 0 Å². The van der Waals surface area contributed by atoms with Crippen LogP contribution in [0.4, 0.5) is 5.69 Å². The Morgan fingerprint density at radius 2 is 2.19 bits per heavy atom. The van der Waals surface area contributed by atoms with E-state index < -0.39 is 0 Å². The fourth-order valence-corrected chi connectivity index (χ4v) is 2.36. The average Bonchev–Trinajstić information content (AvgIpc) is 3.11. The lowest BCUT2D eigenvalue weighted by atomic mass is 10.1. The molecule has 1 N–H and O–H groups in total. The summed E-state index contributed by atoms with van der Waals surface area (Å²) < 4.78 is 7.71. The minimum Gasteiger partial charge on any atom is -0.464 e. The molecule has 0 saturated carbocycles. The molecule has 4 heteroatoms. The van der Waals surface area contributed by atoms with E-state index in [2.05, 4.69) is 46.1 Å². The molecule has 0 aliphatic carbocycles. The lowest BCUT2D eigenvalue weighted by Gasteiger charge is -2.14. The first-order valence-corrected chi connectivity index (χ1v) is 7.08. The molecule has 0 fully saturated rings. The number of benzene rings is 1. The van der Waals surface area contributed by atoms with E-state index in [0.29, 0.717) is 0 Å². The van der Waals surface area contributed by atoms with Gasteiger partial charge in [-0.2, -0.15) is 0 Å². The lowest BCUT2D eigenvalue weighted by Crippen LogP contribution is -2.06. The summed E-state index contributed by atoms with van der Waals surface area (Å²) >= 11 is 0. The van der Waals surface area contributed by atoms with Crippen molar-refractivity contribution < 1.29 is 4.42 Å². The Hall–Kier alpha value is -2.49. The molecule has 0 radical (unpaired) electrons. The van der Waals surface area contributed by atoms with Gasteiger partial charge < -0.3 is 14.3 Å². The normalized spacial score (nSPS) is 12.3. The van der Waals surface area contributed by atoms with Crippen LogP contribution in [-0.4, -0.2) is 9.55 Å². The number of anilines is 1. The highest BCUT2D eigenvalue weighted by Gasteiger charge is 2.09. The Morgan fingerprint density at radius 3 is 2.90 bits per heavy atom. The molecule has 1 aromatic carbocycles. The average molecular weight is 281 g/mol. The number of hydrogen-bond donors (Lipinski definition) is 1. The third kappa shape index (κ3) is 3.34. The summed E-state index contributed by atoms with van der Waals surface area (Å²) in [6.07, 6.45) is 5.59. The Bertz CT molecular complexity index is 700. The molecule has 1 atom stereocenters. The fourth-order valence-electron chi connectivity index (χ4n) is 2.36. The van der Waals surface area contributed by atoms with Crippen molar-refractivity contribution in [3.8, 4) is 0 Å². The SMILES string of the molecule is Cc1ccc(C(C)Nc2cccc(Cn3ccnc3)c2)o1. The summed E-state index contributed by atoms with van der Waals surface area (Å²) in [5.74, 6) is 1.89. The molecule has 108 valence electrons. The van der Waals surface area contributed by atoms with Crippen molar-refractivity contribution in [2.45, 2.75) is 26.4 Å². The Morgan fingerprint density at radius 1 is 1.29 bits per heavy atom. The van der Waals surface area contributed by atoms with Crippen LogP contribution in [0, 0.1) is 6.92 Å². The van der Waals surface area contributed by atoms with Crippen molar-refractivity contribution in [2.24, 2.45) is 0 Å². The molecule has 3 aromatic rings. The number of nitrogens with one attached hydrogen (secondary N) is 1. The van der Waals surface area contributed by atoms with Gasteiger partial charge in [-0.1, -0.05) is 12.1 Å². The van der Waals surface area contributed by atoms with Gasteiger partial charge >= 0.3 is 0 Å². The summed E-state index contributed by atoms with van der Waals surface area (Å²) in [6, 6.07) is 12.6. The second-order valence-corrected chi connectivity index (χ2v) is 5.25. The van der Waals surface area contributed by atoms with Crippen molar-refractivity contribution in [3.63, 3.8) is 0 Å². The summed E-state index contributed by atoms with van der Waals surface area (Å²) in [5.41, 5.74) is 2.33. The number of imidazole rings is 1. The highest BCUT2D eigenvalue weighted by atomic mass is 16.3. The van der Waals surface area contributed by atoms with E-state index in [4.69, 9.17) is 4.42 Å². The van der Waals surface area contributed by atoms with Crippen molar-refractivity contribution in [1.29, 1.82) is 0 Å². The number of nitrogens with zero attached hydrogens (tertiary/aromatic N) is 2. The first kappa shape index (κ1) is 13.5. The molecule has 0 bridgehead atoms. The van der Waals surface area contributed by atoms with Crippen LogP contribution in [-0.2, 0) is 6.54 Å². The molecule has 0 aliphatic heterocycles. The van der Waals surface area contributed by atoms with Crippen LogP contribution in [0.25, 0.3) is 0 Å². The van der Waals surface area contributed by atoms with Crippen LogP contribution >= 0.6 is 0 Å². The van der Waals surface area contributed by atoms with Gasteiger partial charge in [0, 0.05) is 24.6 Å². The van der Waals surface area contributed by atoms with Gasteiger partial charge in [-0.05, 0) is 43.7 Å². The minimum atomic E-state index is 0.141. The first-order valence-electron chi connectivity index (χ1n) is 7.08. The molecular formula is C17H19N3O. The maximum absolute atomic E-state index is 5.66. The van der Waals surface area contributed by atoms with Gasteiger partial charge in [0.05, 0.1) is 12.4 Å². The van der Waals surface area contributed by atoms with E-state index >= 15 is 0 Å². The largest absolute Gasteiger partial charge is 0.464 e. The molecule has 1 unspecified atom stereocenters. The number of aromatic nitrogens is 2. The predicted octanol–water partition coefficient (Wildman–Crippen LogP) is 4.01. The maximum atomic E-state index is 5.66. The van der Waals surface area contributed by atoms with Gasteiger partial charge in [-0.25, -0.2) is 4.98 Å². The second kappa shape index (κ2) is 5.87. The predicted molar refractivity (Wildman–Crippen MR) is 83.3 cm³/mol.